The third-order valence-electron chi connectivity index (χ3n) is 7.02. The molecule has 2 heterocycles. The number of nitrogens with zero attached hydrogens (tertiary/aromatic N) is 5. The van der Waals surface area contributed by atoms with Gasteiger partial charge < -0.3 is 10.4 Å². The highest BCUT2D eigenvalue weighted by molar-refractivity contribution is 6.15. The zero-order valence-electron chi connectivity index (χ0n) is 23.2. The van der Waals surface area contributed by atoms with Crippen LogP contribution in [0, 0.1) is 22.7 Å². The molecule has 4 aromatic rings. The zero-order chi connectivity index (χ0) is 29.0. The number of para-hydroxylation sites is 1. The molecule has 0 aliphatic carbocycles. The standard InChI is InChI=1S/C32H31N7O2/c1-32(2,3)29-25(19-33)26(23(14-17-34-29)30-35-15-9-16-36-30)38-39-27-22-13-8-7-10-20(22)18-24(28(27)40)31(41)37-21-11-5-4-6-12-21/h4-13,15-16,18,23,25,39-40H,14,17H2,1-3H3,(H,37,41)/b38-26+. The lowest BCUT2D eigenvalue weighted by molar-refractivity contribution is 0.102. The highest BCUT2D eigenvalue weighted by Gasteiger charge is 2.38. The molecule has 5 rings (SSSR count). The number of anilines is 2. The number of rotatable bonds is 5. The normalized spacial score (nSPS) is 18.3. The van der Waals surface area contributed by atoms with Gasteiger partial charge in [-0.25, -0.2) is 9.97 Å². The number of hydrogen-bond acceptors (Lipinski definition) is 8. The number of carbonyl (C=O) groups is 1. The Morgan fingerprint density at radius 1 is 1.05 bits per heavy atom. The number of nitrogens with one attached hydrogen (secondary N) is 2. The fourth-order valence-corrected chi connectivity index (χ4v) is 5.05. The molecule has 1 aromatic heterocycles. The molecule has 2 atom stereocenters. The monoisotopic (exact) mass is 545 g/mol. The average molecular weight is 546 g/mol. The van der Waals surface area contributed by atoms with Gasteiger partial charge >= 0.3 is 0 Å². The molecule has 206 valence electrons. The number of aromatic hydroxyl groups is 1. The molecule has 1 amide bonds. The topological polar surface area (TPSA) is 136 Å². The highest BCUT2D eigenvalue weighted by Crippen LogP contribution is 2.38. The predicted octanol–water partition coefficient (Wildman–Crippen LogP) is 6.17. The SMILES string of the molecule is CC(C)(C)C1=NCCC(c2ncccn2)/C(=N\Nc2c(O)c(C(=O)Nc3ccccc3)cc3ccccc23)C1C#N. The van der Waals surface area contributed by atoms with Gasteiger partial charge in [0.25, 0.3) is 5.91 Å². The molecule has 1 aliphatic heterocycles. The molecule has 0 fully saturated rings. The number of phenolic OH excluding ortho intramolecular Hbond substituents is 1. The Kier molecular flexibility index (Phi) is 7.74. The first-order chi connectivity index (χ1) is 19.8. The van der Waals surface area contributed by atoms with Crippen LogP contribution in [0.15, 0.2) is 89.2 Å². The molecule has 0 radical (unpaired) electrons. The number of benzene rings is 3. The molecular formula is C32H31N7O2. The van der Waals surface area contributed by atoms with Crippen molar-refractivity contribution >= 4 is 39.5 Å². The maximum absolute atomic E-state index is 13.3. The van der Waals surface area contributed by atoms with E-state index >= 15 is 0 Å². The van der Waals surface area contributed by atoms with Crippen molar-refractivity contribution in [2.24, 2.45) is 21.4 Å². The minimum absolute atomic E-state index is 0.0906. The summed E-state index contributed by atoms with van der Waals surface area (Å²) in [5, 5.41) is 30.8. The van der Waals surface area contributed by atoms with E-state index in [2.05, 4.69) is 26.8 Å². The fourth-order valence-electron chi connectivity index (χ4n) is 5.05. The Labute approximate surface area is 238 Å². The number of hydrogen-bond donors (Lipinski definition) is 3. The van der Waals surface area contributed by atoms with Gasteiger partial charge in [-0.2, -0.15) is 10.4 Å². The van der Waals surface area contributed by atoms with Gasteiger partial charge in [0.1, 0.15) is 17.4 Å². The van der Waals surface area contributed by atoms with E-state index in [9.17, 15) is 15.2 Å². The molecule has 0 bridgehead atoms. The summed E-state index contributed by atoms with van der Waals surface area (Å²) in [4.78, 5) is 27.0. The van der Waals surface area contributed by atoms with Crippen molar-refractivity contribution in [1.29, 1.82) is 5.26 Å². The van der Waals surface area contributed by atoms with Gasteiger partial charge in [0.05, 0.1) is 23.3 Å². The van der Waals surface area contributed by atoms with Crippen molar-refractivity contribution in [2.45, 2.75) is 33.1 Å². The summed E-state index contributed by atoms with van der Waals surface area (Å²) in [5.74, 6) is -1.28. The first-order valence-electron chi connectivity index (χ1n) is 13.4. The van der Waals surface area contributed by atoms with Gasteiger partial charge in [-0.1, -0.05) is 63.2 Å². The number of nitriles is 1. The van der Waals surface area contributed by atoms with Gasteiger partial charge in [-0.05, 0) is 36.1 Å². The van der Waals surface area contributed by atoms with E-state index in [0.29, 0.717) is 35.6 Å². The fraction of sp³-hybridized carbons (Fsp3) is 0.250. The van der Waals surface area contributed by atoms with Gasteiger partial charge in [0.2, 0.25) is 0 Å². The number of amides is 1. The number of hydrazone groups is 1. The molecule has 9 nitrogen and oxygen atoms in total. The number of fused-ring (bicyclic) bond motifs is 1. The van der Waals surface area contributed by atoms with Crippen molar-refractivity contribution in [3.8, 4) is 11.8 Å². The van der Waals surface area contributed by atoms with Crippen LogP contribution in [-0.4, -0.2) is 38.9 Å². The van der Waals surface area contributed by atoms with Crippen LogP contribution < -0.4 is 10.7 Å². The predicted molar refractivity (Wildman–Crippen MR) is 161 cm³/mol. The molecular weight excluding hydrogens is 514 g/mol. The number of aliphatic imine (C=N–C) groups is 1. The summed E-state index contributed by atoms with van der Waals surface area (Å²) in [5.41, 5.74) is 4.86. The summed E-state index contributed by atoms with van der Waals surface area (Å²) in [6.45, 7) is 6.56. The summed E-state index contributed by atoms with van der Waals surface area (Å²) in [6, 6.07) is 22.2. The van der Waals surface area contributed by atoms with Crippen LogP contribution in [-0.2, 0) is 0 Å². The number of carbonyl (C=O) groups excluding carboxylic acids is 1. The maximum atomic E-state index is 13.3. The molecule has 0 saturated heterocycles. The Balaban J connectivity index is 1.62. The van der Waals surface area contributed by atoms with E-state index in [1.54, 1.807) is 36.7 Å². The van der Waals surface area contributed by atoms with Crippen molar-refractivity contribution in [1.82, 2.24) is 9.97 Å². The summed E-state index contributed by atoms with van der Waals surface area (Å²) < 4.78 is 0. The van der Waals surface area contributed by atoms with E-state index in [-0.39, 0.29) is 28.3 Å². The summed E-state index contributed by atoms with van der Waals surface area (Å²) >= 11 is 0. The van der Waals surface area contributed by atoms with Gasteiger partial charge in [-0.3, -0.25) is 15.2 Å². The molecule has 2 unspecified atom stereocenters. The maximum Gasteiger partial charge on any atom is 0.259 e. The van der Waals surface area contributed by atoms with Gasteiger partial charge in [0.15, 0.2) is 5.75 Å². The largest absolute Gasteiger partial charge is 0.505 e. The van der Waals surface area contributed by atoms with Gasteiger partial charge in [-0.15, -0.1) is 0 Å². The molecule has 1 aliphatic rings. The lowest BCUT2D eigenvalue weighted by atomic mass is 9.78. The average Bonchev–Trinajstić information content (AvgIpc) is 3.17. The minimum atomic E-state index is -0.739. The molecule has 0 saturated carbocycles. The van der Waals surface area contributed by atoms with E-state index < -0.39 is 11.8 Å². The second-order valence-electron chi connectivity index (χ2n) is 10.9. The smallest absolute Gasteiger partial charge is 0.259 e. The lowest BCUT2D eigenvalue weighted by Gasteiger charge is -2.26. The first kappa shape index (κ1) is 27.5. The van der Waals surface area contributed by atoms with Crippen molar-refractivity contribution in [3.05, 3.63) is 90.5 Å². The van der Waals surface area contributed by atoms with E-state index in [1.165, 1.54) is 0 Å². The highest BCUT2D eigenvalue weighted by atomic mass is 16.3. The van der Waals surface area contributed by atoms with Crippen LogP contribution in [0.25, 0.3) is 10.8 Å². The minimum Gasteiger partial charge on any atom is -0.505 e. The van der Waals surface area contributed by atoms with Crippen LogP contribution in [0.3, 0.4) is 0 Å². The Morgan fingerprint density at radius 3 is 2.46 bits per heavy atom. The second kappa shape index (κ2) is 11.6. The van der Waals surface area contributed by atoms with Crippen LogP contribution >= 0.6 is 0 Å². The van der Waals surface area contributed by atoms with E-state index in [0.717, 1.165) is 11.1 Å². The first-order valence-corrected chi connectivity index (χ1v) is 13.4. The second-order valence-corrected chi connectivity index (χ2v) is 10.9. The number of aromatic nitrogens is 2. The van der Waals surface area contributed by atoms with Crippen LogP contribution in [0.2, 0.25) is 0 Å². The molecule has 3 N–H and O–H groups in total. The summed E-state index contributed by atoms with van der Waals surface area (Å²) in [7, 11) is 0. The van der Waals surface area contributed by atoms with Crippen LogP contribution in [0.4, 0.5) is 11.4 Å². The Morgan fingerprint density at radius 2 is 1.76 bits per heavy atom. The zero-order valence-corrected chi connectivity index (χ0v) is 23.2. The van der Waals surface area contributed by atoms with Crippen LogP contribution in [0.5, 0.6) is 5.75 Å². The molecule has 0 spiro atoms. The third kappa shape index (κ3) is 5.77. The van der Waals surface area contributed by atoms with Crippen molar-refractivity contribution < 1.29 is 9.90 Å². The van der Waals surface area contributed by atoms with E-state index in [1.807, 2.05) is 63.2 Å². The van der Waals surface area contributed by atoms with E-state index in [4.69, 9.17) is 10.1 Å². The van der Waals surface area contributed by atoms with Crippen LogP contribution in [0.1, 0.15) is 49.3 Å². The quantitative estimate of drug-likeness (QED) is 0.203. The number of phenols is 1. The Bertz CT molecular complexity index is 1670. The summed E-state index contributed by atoms with van der Waals surface area (Å²) in [6.07, 6.45) is 3.90. The lowest BCUT2D eigenvalue weighted by Crippen LogP contribution is -2.35. The van der Waals surface area contributed by atoms with Crippen molar-refractivity contribution in [2.75, 3.05) is 17.3 Å². The van der Waals surface area contributed by atoms with Crippen molar-refractivity contribution in [3.63, 3.8) is 0 Å². The Hall–Kier alpha value is -5.10. The molecule has 9 heteroatoms. The molecule has 3 aromatic carbocycles. The third-order valence-corrected chi connectivity index (χ3v) is 7.02. The van der Waals surface area contributed by atoms with Gasteiger partial charge in [0, 0.05) is 41.1 Å². The molecule has 41 heavy (non-hydrogen) atoms.